The molecule has 0 spiro atoms. The highest BCUT2D eigenvalue weighted by Crippen LogP contribution is 2.42. The minimum absolute atomic E-state index is 0.00856. The molecule has 0 saturated carbocycles. The molecule has 12 rings (SSSR count). The van der Waals surface area contributed by atoms with Gasteiger partial charge in [0.05, 0.1) is 62.2 Å². The molecule has 3 aromatic heterocycles. The molecule has 3 amide bonds. The molecule has 3 saturated heterocycles. The quantitative estimate of drug-likeness (QED) is 0.0159. The van der Waals surface area contributed by atoms with Gasteiger partial charge in [-0.25, -0.2) is 14.8 Å². The third-order valence-corrected chi connectivity index (χ3v) is 19.5. The fourth-order valence-electron chi connectivity index (χ4n) is 13.6. The van der Waals surface area contributed by atoms with Crippen LogP contribution in [-0.4, -0.2) is 271 Å². The number of carboxylic acids is 2. The van der Waals surface area contributed by atoms with Crippen LogP contribution >= 0.6 is 0 Å². The van der Waals surface area contributed by atoms with Crippen molar-refractivity contribution in [2.75, 3.05) is 39.5 Å². The Bertz CT molecular complexity index is 4780. The number of carbonyl (C=O) groups is 5. The number of carboxylic acid groups (broad SMARTS) is 2. The molecule has 0 radical (unpaired) electrons. The number of aliphatic hydroxyl groups is 12. The van der Waals surface area contributed by atoms with Crippen molar-refractivity contribution in [3.05, 3.63) is 144 Å². The van der Waals surface area contributed by atoms with E-state index >= 15 is 0 Å². The molecule has 604 valence electrons. The second kappa shape index (κ2) is 36.7. The standard InChI is InChI=1S/C78H86N10O26/c79-78(80)81-29-3-6-51(73(105)82-32-58(93)88-52(74(106)107)31-59(94)95)87-57(92)8-4-30-108-53-7-2-1-5-42(53)63-49-27-25-47(85-49)61(37-11-17-40(18-12-37)110-76-71(103)68(100)65(97)55(34-90)113-76)45-23-21-43(83-45)60(36-9-15-39(16-10-36)109-75-70(102)67(99)64(96)54(33-89)112-75)44-22-24-46(84-44)62(48-26-28-50(63)86-48)38-13-19-41(20-14-38)111-77-72(104)69(101)66(98)56(35-91)114-77/h1-2,5,7,9-28,51-52,54-56,64-72,75-77,83,86,89-91,96-104H,3-4,6,8,29-35H2,(H,82,105)(H,87,92)(H,88,93)(H,94,95)(H,106,107)(H4,79,80,81)/t51?,52?,54-,55-,56-,64-,65-,66-,67+,68+,69+,70-,71-,72-,75-,76-,77-/m1/s1. The van der Waals surface area contributed by atoms with Crippen molar-refractivity contribution in [2.24, 2.45) is 5.73 Å². The number of rotatable bonds is 30. The zero-order valence-electron chi connectivity index (χ0n) is 60.6. The van der Waals surface area contributed by atoms with Gasteiger partial charge in [0.1, 0.15) is 108 Å². The van der Waals surface area contributed by atoms with Gasteiger partial charge >= 0.3 is 11.9 Å². The molecular formula is C78H86N10O26. The number of H-pyrrole nitrogens is 2. The van der Waals surface area contributed by atoms with E-state index in [1.54, 1.807) is 97.1 Å². The van der Waals surface area contributed by atoms with E-state index in [0.29, 0.717) is 95.1 Å². The summed E-state index contributed by atoms with van der Waals surface area (Å²) in [6, 6.07) is 31.3. The summed E-state index contributed by atoms with van der Waals surface area (Å²) in [5, 5.41) is 162. The number of aliphatic carboxylic acids is 2. The first-order valence-electron chi connectivity index (χ1n) is 36.3. The Hall–Kier alpha value is -11.3. The van der Waals surface area contributed by atoms with E-state index in [4.69, 9.17) is 59.4 Å². The van der Waals surface area contributed by atoms with Crippen LogP contribution in [0.1, 0.15) is 54.9 Å². The van der Waals surface area contributed by atoms with Crippen LogP contribution in [0.2, 0.25) is 0 Å². The average molecular weight is 1580 g/mol. The number of para-hydroxylation sites is 1. The lowest BCUT2D eigenvalue weighted by Crippen LogP contribution is -2.60. The zero-order valence-corrected chi connectivity index (χ0v) is 60.6. The van der Waals surface area contributed by atoms with Crippen LogP contribution in [0, 0.1) is 5.41 Å². The van der Waals surface area contributed by atoms with Crippen molar-refractivity contribution in [1.29, 1.82) is 5.41 Å². The molecule has 8 bridgehead atoms. The van der Waals surface area contributed by atoms with Crippen LogP contribution in [0.3, 0.4) is 0 Å². The van der Waals surface area contributed by atoms with E-state index in [2.05, 4.69) is 25.9 Å². The van der Waals surface area contributed by atoms with Gasteiger partial charge in [-0.05, 0) is 127 Å². The van der Waals surface area contributed by atoms with Crippen molar-refractivity contribution in [2.45, 2.75) is 136 Å². The van der Waals surface area contributed by atoms with Gasteiger partial charge in [-0.2, -0.15) is 0 Å². The highest BCUT2D eigenvalue weighted by atomic mass is 16.7. The Labute approximate surface area is 647 Å². The smallest absolute Gasteiger partial charge is 0.326 e. The van der Waals surface area contributed by atoms with Gasteiger partial charge in [-0.15, -0.1) is 0 Å². The summed E-state index contributed by atoms with van der Waals surface area (Å²) >= 11 is 0. The molecule has 5 aliphatic rings. The number of hydrogen-bond donors (Lipinski definition) is 22. The second-order valence-electron chi connectivity index (χ2n) is 27.3. The first-order chi connectivity index (χ1) is 54.8. The molecule has 8 heterocycles. The van der Waals surface area contributed by atoms with E-state index in [1.165, 1.54) is 0 Å². The normalized spacial score (nSPS) is 24.3. The van der Waals surface area contributed by atoms with Crippen LogP contribution in [-0.2, 0) is 38.2 Å². The zero-order chi connectivity index (χ0) is 81.2. The molecule has 4 aromatic carbocycles. The monoisotopic (exact) mass is 1580 g/mol. The summed E-state index contributed by atoms with van der Waals surface area (Å²) in [7, 11) is 0. The number of guanidine groups is 1. The summed E-state index contributed by atoms with van der Waals surface area (Å²) in [5.74, 6) is -5.05. The van der Waals surface area contributed by atoms with Gasteiger partial charge in [0.25, 0.3) is 0 Å². The van der Waals surface area contributed by atoms with Crippen molar-refractivity contribution in [3.8, 4) is 67.5 Å². The second-order valence-corrected chi connectivity index (χ2v) is 27.3. The number of carbonyl (C=O) groups excluding carboxylic acids is 3. The number of nitrogens with one attached hydrogen (secondary N) is 7. The third-order valence-electron chi connectivity index (χ3n) is 19.5. The van der Waals surface area contributed by atoms with Crippen LogP contribution in [0.25, 0.3) is 90.9 Å². The fraction of sp³-hybridized carbons (Fsp3) is 0.359. The SMILES string of the molecule is N=C(N)NCCCC(NC(=O)CCCOc1ccccc1-c1c2nc(c(-c3ccc(O[C@@H]4O[C@H](CO)[C@@H](O)[C@H](O)[C@H]4O)cc3)c3ccc([nH]3)c(-c3ccc(O[C@@H]4O[C@H](CO)[C@@H](O)[C@H](O)[C@H]4O)cc3)c3nc(c(-c4ccc(O[C@@H]5O[C@H](CO)[C@@H](O)[C@H](O)[C@H]5O)cc4)c4ccc1[nH]4)C=C3)C=C2)C(=O)NCC(=O)NC(CC(=O)O)C(=O)O. The van der Waals surface area contributed by atoms with Gasteiger partial charge in [0.15, 0.2) is 5.96 Å². The van der Waals surface area contributed by atoms with Gasteiger partial charge in [0, 0.05) is 62.8 Å². The van der Waals surface area contributed by atoms with Crippen LogP contribution in [0.5, 0.6) is 23.0 Å². The minimum Gasteiger partial charge on any atom is -0.493 e. The fourth-order valence-corrected chi connectivity index (χ4v) is 13.6. The summed E-state index contributed by atoms with van der Waals surface area (Å²) in [5.41, 5.74) is 13.4. The maximum atomic E-state index is 13.8. The molecule has 5 aliphatic heterocycles. The largest absolute Gasteiger partial charge is 0.493 e. The summed E-state index contributed by atoms with van der Waals surface area (Å²) in [6.45, 7) is -2.77. The van der Waals surface area contributed by atoms with E-state index < -0.39 is 167 Å². The maximum absolute atomic E-state index is 13.8. The van der Waals surface area contributed by atoms with E-state index in [0.717, 1.165) is 0 Å². The number of ether oxygens (including phenoxy) is 7. The molecule has 0 aliphatic carbocycles. The molecule has 23 N–H and O–H groups in total. The Morgan fingerprint density at radius 3 is 1.27 bits per heavy atom. The number of aromatic nitrogens is 4. The number of hydrogen-bond acceptors (Lipinski definition) is 27. The predicted molar refractivity (Wildman–Crippen MR) is 404 cm³/mol. The van der Waals surface area contributed by atoms with Gasteiger partial charge < -0.3 is 142 Å². The Morgan fingerprint density at radius 2 is 0.877 bits per heavy atom. The third kappa shape index (κ3) is 18.8. The molecular weight excluding hydrogens is 1490 g/mol. The lowest BCUT2D eigenvalue weighted by molar-refractivity contribution is -0.277. The first-order valence-corrected chi connectivity index (χ1v) is 36.3. The molecule has 7 aromatic rings. The maximum Gasteiger partial charge on any atom is 0.326 e. The first kappa shape index (κ1) is 82.2. The Kier molecular flexibility index (Phi) is 26.4. The number of nitrogens with zero attached hydrogens (tertiary/aromatic N) is 2. The molecule has 2 unspecified atom stereocenters. The van der Waals surface area contributed by atoms with Gasteiger partial charge in [0.2, 0.25) is 36.6 Å². The van der Waals surface area contributed by atoms with Crippen molar-refractivity contribution in [1.82, 2.24) is 41.2 Å². The van der Waals surface area contributed by atoms with E-state index in [9.17, 15) is 90.4 Å². The Balaban J connectivity index is 0.952. The lowest BCUT2D eigenvalue weighted by Gasteiger charge is -2.39. The summed E-state index contributed by atoms with van der Waals surface area (Å²) in [4.78, 5) is 80.9. The van der Waals surface area contributed by atoms with Crippen LogP contribution < -0.4 is 45.9 Å². The number of aliphatic hydroxyl groups excluding tert-OH is 12. The molecule has 17 atom stereocenters. The average Bonchev–Trinajstić information content (AvgIpc) is 1.60. The Morgan fingerprint density at radius 1 is 0.482 bits per heavy atom. The highest BCUT2D eigenvalue weighted by molar-refractivity contribution is 6.01. The van der Waals surface area contributed by atoms with E-state index in [-0.39, 0.29) is 62.0 Å². The molecule has 36 nitrogen and oxygen atoms in total. The molecule has 3 fully saturated rings. The summed E-state index contributed by atoms with van der Waals surface area (Å²) < 4.78 is 41.6. The molecule has 36 heteroatoms. The van der Waals surface area contributed by atoms with Crippen molar-refractivity contribution < 1.29 is 129 Å². The molecule has 114 heavy (non-hydrogen) atoms. The van der Waals surface area contributed by atoms with Crippen molar-refractivity contribution >= 4 is 82.0 Å². The number of nitrogens with two attached hydrogens (primary N) is 1. The van der Waals surface area contributed by atoms with Gasteiger partial charge in [-0.1, -0.05) is 54.6 Å². The van der Waals surface area contributed by atoms with Crippen LogP contribution in [0.15, 0.2) is 121 Å². The van der Waals surface area contributed by atoms with Crippen molar-refractivity contribution in [3.63, 3.8) is 0 Å². The number of fused-ring (bicyclic) bond motifs is 8. The number of aromatic amines is 2. The minimum atomic E-state index is -1.79. The van der Waals surface area contributed by atoms with E-state index in [1.807, 2.05) is 53.9 Å². The highest BCUT2D eigenvalue weighted by Gasteiger charge is 2.47. The summed E-state index contributed by atoms with van der Waals surface area (Å²) in [6.07, 6.45) is -17.1. The number of benzene rings is 4. The lowest BCUT2D eigenvalue weighted by atomic mass is 9.99. The number of amides is 3. The topological polar surface area (TPSA) is 589 Å². The van der Waals surface area contributed by atoms with Gasteiger partial charge in [-0.3, -0.25) is 24.6 Å². The predicted octanol–water partition coefficient (Wildman–Crippen LogP) is -0.0729. The van der Waals surface area contributed by atoms with Crippen LogP contribution in [0.4, 0.5) is 0 Å².